The molecule has 0 fully saturated rings. The molecule has 1 amide bonds. The molecule has 0 unspecified atom stereocenters. The fourth-order valence-corrected chi connectivity index (χ4v) is 3.33. The van der Waals surface area contributed by atoms with Crippen molar-refractivity contribution < 1.29 is 13.6 Å². The van der Waals surface area contributed by atoms with E-state index in [1.54, 1.807) is 0 Å². The second-order valence-corrected chi connectivity index (χ2v) is 7.71. The van der Waals surface area contributed by atoms with Gasteiger partial charge in [-0.2, -0.15) is 0 Å². The van der Waals surface area contributed by atoms with Crippen LogP contribution in [0.15, 0.2) is 65.1 Å². The van der Waals surface area contributed by atoms with Crippen LogP contribution in [-0.4, -0.2) is 16.0 Å². The lowest BCUT2D eigenvalue weighted by Crippen LogP contribution is -2.34. The van der Waals surface area contributed by atoms with E-state index in [-0.39, 0.29) is 5.11 Å². The number of aromatic nitrogens is 1. The number of rotatable bonds is 4. The zero-order valence-electron chi connectivity index (χ0n) is 17.0. The minimum atomic E-state index is -0.407. The van der Waals surface area contributed by atoms with Crippen LogP contribution < -0.4 is 10.6 Å². The number of benzene rings is 3. The van der Waals surface area contributed by atoms with Crippen molar-refractivity contribution in [3.8, 4) is 0 Å². The van der Waals surface area contributed by atoms with Crippen LogP contribution in [0, 0.1) is 19.7 Å². The number of nitrogens with zero attached hydrogens (tertiary/aromatic N) is 1. The van der Waals surface area contributed by atoms with E-state index in [9.17, 15) is 9.18 Å². The molecular formula is C24H20FN3O2S. The molecule has 5 nitrogen and oxygen atoms in total. The molecule has 7 heteroatoms. The molecule has 3 aromatic carbocycles. The molecule has 0 radical (unpaired) electrons. The first-order chi connectivity index (χ1) is 14.9. The summed E-state index contributed by atoms with van der Waals surface area (Å²) in [5.41, 5.74) is 6.10. The number of hydrogen-bond donors (Lipinski definition) is 2. The van der Waals surface area contributed by atoms with Crippen LogP contribution in [0.25, 0.3) is 11.1 Å². The van der Waals surface area contributed by atoms with E-state index in [1.165, 1.54) is 35.4 Å². The Morgan fingerprint density at radius 3 is 2.42 bits per heavy atom. The SMILES string of the molecule is Cc1cc2nc(Cc3ccc(NC(=S)NC(=O)c4ccc(F)cc4)cc3)oc2cc1C. The zero-order valence-corrected chi connectivity index (χ0v) is 17.8. The second kappa shape index (κ2) is 8.65. The molecule has 0 spiro atoms. The lowest BCUT2D eigenvalue weighted by atomic mass is 10.1. The topological polar surface area (TPSA) is 67.2 Å². The smallest absolute Gasteiger partial charge is 0.257 e. The summed E-state index contributed by atoms with van der Waals surface area (Å²) in [6.45, 7) is 4.11. The number of thiocarbonyl (C=S) groups is 1. The van der Waals surface area contributed by atoms with Gasteiger partial charge in [0.2, 0.25) is 0 Å². The number of halogens is 1. The Bertz CT molecular complexity index is 1230. The highest BCUT2D eigenvalue weighted by molar-refractivity contribution is 7.80. The summed E-state index contributed by atoms with van der Waals surface area (Å²) in [5.74, 6) is -0.154. The highest BCUT2D eigenvalue weighted by Gasteiger charge is 2.10. The first-order valence-electron chi connectivity index (χ1n) is 9.71. The molecule has 31 heavy (non-hydrogen) atoms. The van der Waals surface area contributed by atoms with Crippen molar-refractivity contribution in [2.75, 3.05) is 5.32 Å². The summed E-state index contributed by atoms with van der Waals surface area (Å²) in [6, 6.07) is 16.9. The van der Waals surface area contributed by atoms with Gasteiger partial charge in [-0.05, 0) is 91.3 Å². The van der Waals surface area contributed by atoms with E-state index in [0.29, 0.717) is 17.9 Å². The van der Waals surface area contributed by atoms with Crippen molar-refractivity contribution in [2.24, 2.45) is 0 Å². The lowest BCUT2D eigenvalue weighted by Gasteiger charge is -2.10. The summed E-state index contributed by atoms with van der Waals surface area (Å²) < 4.78 is 18.9. The fraction of sp³-hybridized carbons (Fsp3) is 0.125. The fourth-order valence-electron chi connectivity index (χ4n) is 3.12. The number of carbonyl (C=O) groups is 1. The van der Waals surface area contributed by atoms with E-state index in [4.69, 9.17) is 16.6 Å². The molecular weight excluding hydrogens is 413 g/mol. The predicted octanol–water partition coefficient (Wildman–Crippen LogP) is 5.30. The Labute approximate surface area is 184 Å². The van der Waals surface area contributed by atoms with E-state index in [1.807, 2.05) is 36.4 Å². The summed E-state index contributed by atoms with van der Waals surface area (Å²) in [6.07, 6.45) is 0.568. The average molecular weight is 434 g/mol. The Morgan fingerprint density at radius 2 is 1.71 bits per heavy atom. The largest absolute Gasteiger partial charge is 0.440 e. The van der Waals surface area contributed by atoms with Crippen molar-refractivity contribution in [1.82, 2.24) is 10.3 Å². The van der Waals surface area contributed by atoms with Crippen LogP contribution in [0.5, 0.6) is 0 Å². The van der Waals surface area contributed by atoms with Gasteiger partial charge in [-0.3, -0.25) is 10.1 Å². The summed E-state index contributed by atoms with van der Waals surface area (Å²) >= 11 is 5.19. The van der Waals surface area contributed by atoms with Gasteiger partial charge in [0.05, 0.1) is 0 Å². The van der Waals surface area contributed by atoms with E-state index < -0.39 is 11.7 Å². The monoisotopic (exact) mass is 433 g/mol. The van der Waals surface area contributed by atoms with Gasteiger partial charge in [0.25, 0.3) is 5.91 Å². The number of hydrogen-bond acceptors (Lipinski definition) is 4. The molecule has 0 aliphatic rings. The summed E-state index contributed by atoms with van der Waals surface area (Å²) in [5, 5.41) is 5.70. The molecule has 0 aliphatic carbocycles. The number of aryl methyl sites for hydroxylation is 2. The molecule has 156 valence electrons. The standard InChI is InChI=1S/C24H20FN3O2S/c1-14-11-20-21(12-15(14)2)30-22(27-20)13-16-3-9-19(10-4-16)26-24(31)28-23(29)17-5-7-18(25)8-6-17/h3-12H,13H2,1-2H3,(H2,26,28,29,31). The average Bonchev–Trinajstić information content (AvgIpc) is 3.11. The van der Waals surface area contributed by atoms with Crippen molar-refractivity contribution >= 4 is 40.0 Å². The van der Waals surface area contributed by atoms with Crippen molar-refractivity contribution in [3.05, 3.63) is 94.6 Å². The van der Waals surface area contributed by atoms with Gasteiger partial charge in [-0.1, -0.05) is 12.1 Å². The molecule has 4 rings (SSSR count). The van der Waals surface area contributed by atoms with E-state index in [0.717, 1.165) is 22.4 Å². The number of amides is 1. The van der Waals surface area contributed by atoms with Gasteiger partial charge in [0, 0.05) is 17.7 Å². The molecule has 0 aliphatic heterocycles. The summed E-state index contributed by atoms with van der Waals surface area (Å²) in [7, 11) is 0. The Morgan fingerprint density at radius 1 is 1.03 bits per heavy atom. The van der Waals surface area contributed by atoms with Crippen molar-refractivity contribution in [1.29, 1.82) is 0 Å². The zero-order chi connectivity index (χ0) is 22.0. The minimum Gasteiger partial charge on any atom is -0.440 e. The molecule has 1 aromatic heterocycles. The number of anilines is 1. The van der Waals surface area contributed by atoms with Crippen molar-refractivity contribution in [2.45, 2.75) is 20.3 Å². The number of carbonyl (C=O) groups excluding carboxylic acids is 1. The first-order valence-corrected chi connectivity index (χ1v) is 10.1. The maximum absolute atomic E-state index is 13.0. The summed E-state index contributed by atoms with van der Waals surface area (Å²) in [4.78, 5) is 16.7. The third-order valence-electron chi connectivity index (χ3n) is 4.95. The molecule has 0 bridgehead atoms. The van der Waals surface area contributed by atoms with Gasteiger partial charge >= 0.3 is 0 Å². The van der Waals surface area contributed by atoms with E-state index >= 15 is 0 Å². The Kier molecular flexibility index (Phi) is 5.77. The van der Waals surface area contributed by atoms with Gasteiger partial charge in [-0.25, -0.2) is 9.37 Å². The number of nitrogens with one attached hydrogen (secondary N) is 2. The Balaban J connectivity index is 1.37. The van der Waals surface area contributed by atoms with Crippen LogP contribution in [0.4, 0.5) is 10.1 Å². The third-order valence-corrected chi connectivity index (χ3v) is 5.15. The number of fused-ring (bicyclic) bond motifs is 1. The normalized spacial score (nSPS) is 10.8. The molecule has 1 heterocycles. The molecule has 0 atom stereocenters. The molecule has 2 N–H and O–H groups in total. The number of oxazole rings is 1. The van der Waals surface area contributed by atoms with Crippen LogP contribution in [0.1, 0.15) is 32.9 Å². The first kappa shape index (κ1) is 20.7. The van der Waals surface area contributed by atoms with Crippen LogP contribution >= 0.6 is 12.2 Å². The maximum atomic E-state index is 13.0. The minimum absolute atomic E-state index is 0.159. The third kappa shape index (κ3) is 4.95. The van der Waals surface area contributed by atoms with Crippen molar-refractivity contribution in [3.63, 3.8) is 0 Å². The predicted molar refractivity (Wildman–Crippen MR) is 123 cm³/mol. The highest BCUT2D eigenvalue weighted by Crippen LogP contribution is 2.22. The quantitative estimate of drug-likeness (QED) is 0.428. The van der Waals surface area contributed by atoms with Crippen LogP contribution in [0.2, 0.25) is 0 Å². The lowest BCUT2D eigenvalue weighted by molar-refractivity contribution is 0.0977. The van der Waals surface area contributed by atoms with Gasteiger partial charge in [0.15, 0.2) is 16.6 Å². The van der Waals surface area contributed by atoms with Crippen LogP contribution in [-0.2, 0) is 6.42 Å². The Hall–Kier alpha value is -3.58. The van der Waals surface area contributed by atoms with Gasteiger partial charge in [0.1, 0.15) is 11.3 Å². The second-order valence-electron chi connectivity index (χ2n) is 7.30. The molecule has 0 saturated carbocycles. The highest BCUT2D eigenvalue weighted by atomic mass is 32.1. The van der Waals surface area contributed by atoms with Gasteiger partial charge < -0.3 is 9.73 Å². The maximum Gasteiger partial charge on any atom is 0.257 e. The molecule has 4 aromatic rings. The van der Waals surface area contributed by atoms with Gasteiger partial charge in [-0.15, -0.1) is 0 Å². The van der Waals surface area contributed by atoms with Crippen LogP contribution in [0.3, 0.4) is 0 Å². The molecule has 0 saturated heterocycles. The van der Waals surface area contributed by atoms with E-state index in [2.05, 4.69) is 29.5 Å².